The molecule has 0 aliphatic heterocycles. The summed E-state index contributed by atoms with van der Waals surface area (Å²) in [6.07, 6.45) is 2.87. The second kappa shape index (κ2) is 4.00. The molecule has 1 aliphatic carbocycles. The molecule has 2 rings (SSSR count). The van der Waals surface area contributed by atoms with Gasteiger partial charge in [0.05, 0.1) is 7.11 Å². The predicted molar refractivity (Wildman–Crippen MR) is 65.1 cm³/mol. The lowest BCUT2D eigenvalue weighted by atomic mass is 9.71. The monoisotopic (exact) mass is 287 g/mol. The third-order valence-corrected chi connectivity index (χ3v) is 4.20. The number of halogens is 2. The van der Waals surface area contributed by atoms with Crippen LogP contribution in [0.4, 0.5) is 4.39 Å². The zero-order valence-corrected chi connectivity index (χ0v) is 11.0. The number of methoxy groups -OCH3 is 1. The molecule has 2 N–H and O–H groups in total. The van der Waals surface area contributed by atoms with Crippen molar-refractivity contribution in [3.05, 3.63) is 27.5 Å². The number of hydrogen-bond donors (Lipinski definition) is 1. The Kier molecular flexibility index (Phi) is 2.97. The first-order valence-corrected chi connectivity index (χ1v) is 6.11. The maximum atomic E-state index is 13.8. The molecule has 0 unspecified atom stereocenters. The van der Waals surface area contributed by atoms with Crippen LogP contribution in [0.1, 0.15) is 30.4 Å². The van der Waals surface area contributed by atoms with Gasteiger partial charge in [0.1, 0.15) is 0 Å². The molecule has 0 amide bonds. The van der Waals surface area contributed by atoms with Crippen LogP contribution in [0.5, 0.6) is 5.75 Å². The molecule has 1 fully saturated rings. The third kappa shape index (κ3) is 1.64. The first-order valence-electron chi connectivity index (χ1n) is 5.31. The Hall–Kier alpha value is -0.610. The molecule has 16 heavy (non-hydrogen) atoms. The van der Waals surface area contributed by atoms with E-state index < -0.39 is 5.54 Å². The van der Waals surface area contributed by atoms with Crippen molar-refractivity contribution in [2.24, 2.45) is 5.73 Å². The van der Waals surface area contributed by atoms with E-state index in [1.807, 2.05) is 6.92 Å². The maximum absolute atomic E-state index is 13.8. The molecule has 0 bridgehead atoms. The van der Waals surface area contributed by atoms with Crippen LogP contribution in [0.25, 0.3) is 0 Å². The van der Waals surface area contributed by atoms with Crippen LogP contribution >= 0.6 is 15.9 Å². The van der Waals surface area contributed by atoms with Gasteiger partial charge in [0.25, 0.3) is 0 Å². The lowest BCUT2D eigenvalue weighted by Gasteiger charge is -2.40. The fourth-order valence-corrected chi connectivity index (χ4v) is 2.70. The molecule has 88 valence electrons. The molecule has 0 spiro atoms. The van der Waals surface area contributed by atoms with Crippen LogP contribution in [0.2, 0.25) is 0 Å². The highest BCUT2D eigenvalue weighted by atomic mass is 79.9. The highest BCUT2D eigenvalue weighted by Gasteiger charge is 2.39. The number of benzene rings is 1. The SMILES string of the molecule is COc1c(F)cc(Br)c(C)c1C1(N)CCC1. The Morgan fingerprint density at radius 3 is 2.56 bits per heavy atom. The lowest BCUT2D eigenvalue weighted by Crippen LogP contribution is -2.44. The van der Waals surface area contributed by atoms with Gasteiger partial charge < -0.3 is 10.5 Å². The van der Waals surface area contributed by atoms with Crippen molar-refractivity contribution < 1.29 is 9.13 Å². The fraction of sp³-hybridized carbons (Fsp3) is 0.500. The summed E-state index contributed by atoms with van der Waals surface area (Å²) in [5.41, 5.74) is 7.64. The molecule has 1 aromatic carbocycles. The van der Waals surface area contributed by atoms with Gasteiger partial charge in [-0.3, -0.25) is 0 Å². The first kappa shape index (κ1) is 11.9. The largest absolute Gasteiger partial charge is 0.493 e. The first-order chi connectivity index (χ1) is 7.49. The van der Waals surface area contributed by atoms with Crippen molar-refractivity contribution in [2.45, 2.75) is 31.7 Å². The lowest BCUT2D eigenvalue weighted by molar-refractivity contribution is 0.239. The van der Waals surface area contributed by atoms with Crippen LogP contribution in [-0.4, -0.2) is 7.11 Å². The van der Waals surface area contributed by atoms with Gasteiger partial charge in [0.2, 0.25) is 0 Å². The average molecular weight is 288 g/mol. The van der Waals surface area contributed by atoms with Crippen molar-refractivity contribution in [3.8, 4) is 5.75 Å². The number of hydrogen-bond acceptors (Lipinski definition) is 2. The molecule has 0 heterocycles. The molecule has 0 atom stereocenters. The minimum absolute atomic E-state index is 0.294. The molecule has 4 heteroatoms. The summed E-state index contributed by atoms with van der Waals surface area (Å²) in [7, 11) is 1.48. The van der Waals surface area contributed by atoms with Crippen LogP contribution in [0, 0.1) is 12.7 Å². The van der Waals surface area contributed by atoms with Gasteiger partial charge in [-0.05, 0) is 37.8 Å². The second-order valence-electron chi connectivity index (χ2n) is 4.38. The highest BCUT2D eigenvalue weighted by molar-refractivity contribution is 9.10. The van der Waals surface area contributed by atoms with Crippen LogP contribution in [0.3, 0.4) is 0 Å². The second-order valence-corrected chi connectivity index (χ2v) is 5.24. The van der Waals surface area contributed by atoms with Gasteiger partial charge in [-0.1, -0.05) is 15.9 Å². The van der Waals surface area contributed by atoms with Crippen molar-refractivity contribution in [1.82, 2.24) is 0 Å². The number of nitrogens with two attached hydrogens (primary N) is 1. The summed E-state index contributed by atoms with van der Waals surface area (Å²) in [5, 5.41) is 0. The molecule has 0 radical (unpaired) electrons. The van der Waals surface area contributed by atoms with Gasteiger partial charge in [-0.25, -0.2) is 4.39 Å². The summed E-state index contributed by atoms with van der Waals surface area (Å²) >= 11 is 3.35. The Morgan fingerprint density at radius 2 is 2.12 bits per heavy atom. The quantitative estimate of drug-likeness (QED) is 0.906. The molecule has 1 aromatic rings. The average Bonchev–Trinajstić information content (AvgIpc) is 2.19. The molecule has 2 nitrogen and oxygen atoms in total. The standard InChI is InChI=1S/C12H15BrFNO/c1-7-8(13)6-9(14)11(16-2)10(7)12(15)4-3-5-12/h6H,3-5,15H2,1-2H3. The molecule has 0 saturated heterocycles. The van der Waals surface area contributed by atoms with Gasteiger partial charge in [0.15, 0.2) is 11.6 Å². The van der Waals surface area contributed by atoms with Gasteiger partial charge in [-0.15, -0.1) is 0 Å². The Labute approximate surface area is 103 Å². The van der Waals surface area contributed by atoms with E-state index in [1.54, 1.807) is 0 Å². The zero-order chi connectivity index (χ0) is 11.9. The van der Waals surface area contributed by atoms with Gasteiger partial charge in [-0.2, -0.15) is 0 Å². The fourth-order valence-electron chi connectivity index (χ4n) is 2.30. The zero-order valence-electron chi connectivity index (χ0n) is 9.44. The van der Waals surface area contributed by atoms with Crippen LogP contribution in [0.15, 0.2) is 10.5 Å². The Morgan fingerprint density at radius 1 is 1.50 bits per heavy atom. The normalized spacial score (nSPS) is 18.1. The summed E-state index contributed by atoms with van der Waals surface area (Å²) < 4.78 is 19.7. The van der Waals surface area contributed by atoms with Gasteiger partial charge in [0, 0.05) is 15.6 Å². The topological polar surface area (TPSA) is 35.2 Å². The summed E-state index contributed by atoms with van der Waals surface area (Å²) in [6, 6.07) is 1.43. The molecule has 1 aliphatic rings. The van der Waals surface area contributed by atoms with E-state index in [1.165, 1.54) is 13.2 Å². The highest BCUT2D eigenvalue weighted by Crippen LogP contribution is 2.46. The van der Waals surface area contributed by atoms with Crippen molar-refractivity contribution in [2.75, 3.05) is 7.11 Å². The van der Waals surface area contributed by atoms with Crippen LogP contribution < -0.4 is 10.5 Å². The number of ether oxygens (including phenoxy) is 1. The van der Waals surface area contributed by atoms with E-state index in [4.69, 9.17) is 10.5 Å². The van der Waals surface area contributed by atoms with Crippen molar-refractivity contribution in [1.29, 1.82) is 0 Å². The molecular formula is C12H15BrFNO. The summed E-state index contributed by atoms with van der Waals surface area (Å²) in [5.74, 6) is -0.0606. The Balaban J connectivity index is 2.65. The van der Waals surface area contributed by atoms with E-state index in [0.717, 1.165) is 34.9 Å². The minimum atomic E-state index is -0.417. The summed E-state index contributed by atoms with van der Waals surface area (Å²) in [6.45, 7) is 1.94. The van der Waals surface area contributed by atoms with E-state index in [9.17, 15) is 4.39 Å². The Bertz CT molecular complexity index is 430. The van der Waals surface area contributed by atoms with Crippen molar-refractivity contribution >= 4 is 15.9 Å². The minimum Gasteiger partial charge on any atom is -0.493 e. The van der Waals surface area contributed by atoms with E-state index in [-0.39, 0.29) is 5.82 Å². The summed E-state index contributed by atoms with van der Waals surface area (Å²) in [4.78, 5) is 0. The van der Waals surface area contributed by atoms with E-state index >= 15 is 0 Å². The molecular weight excluding hydrogens is 273 g/mol. The van der Waals surface area contributed by atoms with E-state index in [0.29, 0.717) is 5.75 Å². The van der Waals surface area contributed by atoms with Gasteiger partial charge >= 0.3 is 0 Å². The third-order valence-electron chi connectivity index (χ3n) is 3.38. The molecule has 0 aromatic heterocycles. The van der Waals surface area contributed by atoms with E-state index in [2.05, 4.69) is 15.9 Å². The smallest absolute Gasteiger partial charge is 0.166 e. The number of rotatable bonds is 2. The predicted octanol–water partition coefficient (Wildman–Crippen LogP) is 3.24. The van der Waals surface area contributed by atoms with Crippen molar-refractivity contribution in [3.63, 3.8) is 0 Å². The molecule has 1 saturated carbocycles. The van der Waals surface area contributed by atoms with Crippen LogP contribution in [-0.2, 0) is 5.54 Å². The maximum Gasteiger partial charge on any atom is 0.166 e.